The summed E-state index contributed by atoms with van der Waals surface area (Å²) in [5, 5.41) is 12.8. The molecule has 5 nitrogen and oxygen atoms in total. The number of aliphatic carboxylic acids is 1. The van der Waals surface area contributed by atoms with E-state index in [2.05, 4.69) is 16.4 Å². The molecule has 0 spiro atoms. The van der Waals surface area contributed by atoms with Crippen LogP contribution in [0.25, 0.3) is 10.9 Å². The van der Waals surface area contributed by atoms with Gasteiger partial charge in [0.2, 0.25) is 5.91 Å². The second-order valence-electron chi connectivity index (χ2n) is 5.84. The average molecular weight is 302 g/mol. The van der Waals surface area contributed by atoms with Gasteiger partial charge in [-0.15, -0.1) is 0 Å². The highest BCUT2D eigenvalue weighted by Gasteiger charge is 2.22. The van der Waals surface area contributed by atoms with Crippen molar-refractivity contribution in [3.05, 3.63) is 36.0 Å². The number of carbonyl (C=O) groups excluding carboxylic acids is 1. The van der Waals surface area contributed by atoms with E-state index < -0.39 is 12.0 Å². The van der Waals surface area contributed by atoms with Crippen LogP contribution in [-0.2, 0) is 16.0 Å². The zero-order chi connectivity index (χ0) is 16.1. The molecule has 0 saturated heterocycles. The number of carboxylic acids is 1. The number of benzene rings is 1. The van der Waals surface area contributed by atoms with Crippen LogP contribution >= 0.6 is 0 Å². The van der Waals surface area contributed by atoms with Gasteiger partial charge in [0.1, 0.15) is 6.04 Å². The zero-order valence-electron chi connectivity index (χ0n) is 12.9. The summed E-state index contributed by atoms with van der Waals surface area (Å²) in [5.74, 6) is -1.32. The Labute approximate surface area is 129 Å². The molecule has 3 N–H and O–H groups in total. The minimum absolute atomic E-state index is 0.130. The van der Waals surface area contributed by atoms with Gasteiger partial charge in [0.15, 0.2) is 0 Å². The Kier molecular flexibility index (Phi) is 5.20. The first-order valence-corrected chi connectivity index (χ1v) is 7.56. The Morgan fingerprint density at radius 3 is 2.68 bits per heavy atom. The predicted octanol–water partition coefficient (Wildman–Crippen LogP) is 2.72. The summed E-state index contributed by atoms with van der Waals surface area (Å²) >= 11 is 0. The van der Waals surface area contributed by atoms with Crippen LogP contribution in [0, 0.1) is 5.92 Å². The summed E-state index contributed by atoms with van der Waals surface area (Å²) in [7, 11) is 0. The number of H-pyrrole nitrogens is 1. The number of carbonyl (C=O) groups is 2. The molecule has 0 radical (unpaired) electrons. The van der Waals surface area contributed by atoms with E-state index in [4.69, 9.17) is 5.11 Å². The molecule has 1 aromatic carbocycles. The highest BCUT2D eigenvalue weighted by atomic mass is 16.4. The molecule has 1 atom stereocenters. The molecule has 0 bridgehead atoms. The number of hydrogen-bond donors (Lipinski definition) is 3. The second kappa shape index (κ2) is 7.11. The lowest BCUT2D eigenvalue weighted by molar-refractivity contribution is -0.143. The molecule has 0 saturated carbocycles. The Morgan fingerprint density at radius 1 is 1.27 bits per heavy atom. The molecule has 22 heavy (non-hydrogen) atoms. The third-order valence-electron chi connectivity index (χ3n) is 3.77. The molecular formula is C17H22N2O3. The first kappa shape index (κ1) is 16.1. The molecule has 0 aliphatic rings. The number of fused-ring (bicyclic) bond motifs is 1. The van der Waals surface area contributed by atoms with E-state index in [9.17, 15) is 9.59 Å². The van der Waals surface area contributed by atoms with Crippen molar-refractivity contribution < 1.29 is 14.7 Å². The van der Waals surface area contributed by atoms with Crippen LogP contribution < -0.4 is 5.32 Å². The molecular weight excluding hydrogens is 280 g/mol. The molecule has 0 fully saturated rings. The van der Waals surface area contributed by atoms with E-state index in [0.29, 0.717) is 12.8 Å². The minimum atomic E-state index is -0.986. The summed E-state index contributed by atoms with van der Waals surface area (Å²) in [4.78, 5) is 26.1. The summed E-state index contributed by atoms with van der Waals surface area (Å²) in [6.07, 6.45) is 3.78. The molecule has 1 aromatic heterocycles. The van der Waals surface area contributed by atoms with E-state index in [1.807, 2.05) is 24.4 Å². The van der Waals surface area contributed by atoms with Gasteiger partial charge in [0.05, 0.1) is 0 Å². The lowest BCUT2D eigenvalue weighted by atomic mass is 10.0. The Balaban J connectivity index is 1.85. The van der Waals surface area contributed by atoms with E-state index in [-0.39, 0.29) is 11.8 Å². The highest BCUT2D eigenvalue weighted by molar-refractivity contribution is 5.84. The summed E-state index contributed by atoms with van der Waals surface area (Å²) in [5.41, 5.74) is 2.27. The lowest BCUT2D eigenvalue weighted by Gasteiger charge is -2.17. The fourth-order valence-electron chi connectivity index (χ4n) is 2.54. The molecule has 2 aromatic rings. The number of amides is 1. The predicted molar refractivity (Wildman–Crippen MR) is 85.6 cm³/mol. The SMILES string of the molecule is CC(C)[C@H](NC(=O)CCCc1c[nH]c2ccccc12)C(=O)O. The molecule has 2 rings (SSSR count). The Bertz CT molecular complexity index is 661. The lowest BCUT2D eigenvalue weighted by Crippen LogP contribution is -2.44. The topological polar surface area (TPSA) is 82.2 Å². The third-order valence-corrected chi connectivity index (χ3v) is 3.77. The third kappa shape index (κ3) is 3.87. The summed E-state index contributed by atoms with van der Waals surface area (Å²) in [6.45, 7) is 3.57. The van der Waals surface area contributed by atoms with Gasteiger partial charge < -0.3 is 15.4 Å². The van der Waals surface area contributed by atoms with Crippen molar-refractivity contribution in [1.29, 1.82) is 0 Å². The minimum Gasteiger partial charge on any atom is -0.480 e. The number of rotatable bonds is 7. The van der Waals surface area contributed by atoms with Gasteiger partial charge in [-0.2, -0.15) is 0 Å². The van der Waals surface area contributed by atoms with E-state index in [0.717, 1.165) is 11.9 Å². The first-order chi connectivity index (χ1) is 10.5. The van der Waals surface area contributed by atoms with Crippen LogP contribution in [-0.4, -0.2) is 28.0 Å². The maximum Gasteiger partial charge on any atom is 0.326 e. The second-order valence-corrected chi connectivity index (χ2v) is 5.84. The van der Waals surface area contributed by atoms with Crippen molar-refractivity contribution in [3.8, 4) is 0 Å². The molecule has 1 heterocycles. The van der Waals surface area contributed by atoms with Crippen LogP contribution in [0.15, 0.2) is 30.5 Å². The van der Waals surface area contributed by atoms with Crippen LogP contribution in [0.4, 0.5) is 0 Å². The summed E-state index contributed by atoms with van der Waals surface area (Å²) < 4.78 is 0. The number of aromatic amines is 1. The standard InChI is InChI=1S/C17H22N2O3/c1-11(2)16(17(21)22)19-15(20)9-5-6-12-10-18-14-8-4-3-7-13(12)14/h3-4,7-8,10-11,16,18H,5-6,9H2,1-2H3,(H,19,20)(H,21,22)/t16-/m0/s1. The van der Waals surface area contributed by atoms with E-state index >= 15 is 0 Å². The van der Waals surface area contributed by atoms with Crippen LogP contribution in [0.1, 0.15) is 32.3 Å². The van der Waals surface area contributed by atoms with Gasteiger partial charge in [0, 0.05) is 23.5 Å². The average Bonchev–Trinajstić information content (AvgIpc) is 2.88. The molecule has 0 aliphatic carbocycles. The normalized spacial score (nSPS) is 12.5. The molecule has 118 valence electrons. The summed E-state index contributed by atoms with van der Waals surface area (Å²) in [6, 6.07) is 7.23. The highest BCUT2D eigenvalue weighted by Crippen LogP contribution is 2.19. The smallest absolute Gasteiger partial charge is 0.326 e. The molecule has 0 aliphatic heterocycles. The van der Waals surface area contributed by atoms with Crippen LogP contribution in [0.3, 0.4) is 0 Å². The first-order valence-electron chi connectivity index (χ1n) is 7.56. The fourth-order valence-corrected chi connectivity index (χ4v) is 2.54. The van der Waals surface area contributed by atoms with Crippen molar-refractivity contribution in [1.82, 2.24) is 10.3 Å². The Hall–Kier alpha value is -2.30. The van der Waals surface area contributed by atoms with Gasteiger partial charge >= 0.3 is 5.97 Å². The fraction of sp³-hybridized carbons (Fsp3) is 0.412. The number of aromatic nitrogens is 1. The van der Waals surface area contributed by atoms with Gasteiger partial charge in [-0.05, 0) is 30.4 Å². The maximum absolute atomic E-state index is 11.9. The van der Waals surface area contributed by atoms with E-state index in [1.165, 1.54) is 10.9 Å². The van der Waals surface area contributed by atoms with Crippen molar-refractivity contribution in [2.24, 2.45) is 5.92 Å². The molecule has 1 amide bonds. The van der Waals surface area contributed by atoms with Gasteiger partial charge in [-0.25, -0.2) is 4.79 Å². The van der Waals surface area contributed by atoms with Crippen molar-refractivity contribution in [2.45, 2.75) is 39.2 Å². The van der Waals surface area contributed by atoms with Crippen LogP contribution in [0.2, 0.25) is 0 Å². The Morgan fingerprint density at radius 2 is 2.00 bits per heavy atom. The quantitative estimate of drug-likeness (QED) is 0.735. The number of carboxylic acid groups (broad SMARTS) is 1. The number of para-hydroxylation sites is 1. The number of hydrogen-bond acceptors (Lipinski definition) is 2. The number of nitrogens with one attached hydrogen (secondary N) is 2. The molecule has 5 heteroatoms. The van der Waals surface area contributed by atoms with Gasteiger partial charge in [0.25, 0.3) is 0 Å². The monoisotopic (exact) mass is 302 g/mol. The largest absolute Gasteiger partial charge is 0.480 e. The van der Waals surface area contributed by atoms with Crippen molar-refractivity contribution in [2.75, 3.05) is 0 Å². The van der Waals surface area contributed by atoms with Crippen molar-refractivity contribution >= 4 is 22.8 Å². The van der Waals surface area contributed by atoms with Gasteiger partial charge in [-0.1, -0.05) is 32.0 Å². The van der Waals surface area contributed by atoms with Gasteiger partial charge in [-0.3, -0.25) is 4.79 Å². The number of aryl methyl sites for hydroxylation is 1. The maximum atomic E-state index is 11.9. The zero-order valence-corrected chi connectivity index (χ0v) is 12.9. The van der Waals surface area contributed by atoms with Crippen LogP contribution in [0.5, 0.6) is 0 Å². The van der Waals surface area contributed by atoms with Crippen molar-refractivity contribution in [3.63, 3.8) is 0 Å². The molecule has 0 unspecified atom stereocenters. The van der Waals surface area contributed by atoms with E-state index in [1.54, 1.807) is 13.8 Å².